The molecule has 0 spiro atoms. The number of ether oxygens (including phenoxy) is 1. The lowest BCUT2D eigenvalue weighted by Crippen LogP contribution is -2.22. The summed E-state index contributed by atoms with van der Waals surface area (Å²) < 4.78 is 5.07. The summed E-state index contributed by atoms with van der Waals surface area (Å²) in [4.78, 5) is 23.9. The van der Waals surface area contributed by atoms with Crippen LogP contribution in [0.1, 0.15) is 36.5 Å². The standard InChI is InChI=1S/C20H23NO3/c1-14(2)17-9-4-5-10-18(17)21-19(22)13-24-20(23)12-16-8-6-7-15(3)11-16/h4-11,14H,12-13H2,1-3H3,(H,21,22). The zero-order valence-corrected chi connectivity index (χ0v) is 14.3. The summed E-state index contributed by atoms with van der Waals surface area (Å²) in [6.07, 6.45) is 0.164. The van der Waals surface area contributed by atoms with E-state index in [0.29, 0.717) is 5.92 Å². The van der Waals surface area contributed by atoms with Gasteiger partial charge in [0, 0.05) is 5.69 Å². The third-order valence-electron chi connectivity index (χ3n) is 3.65. The van der Waals surface area contributed by atoms with Crippen molar-refractivity contribution in [2.24, 2.45) is 0 Å². The second-order valence-electron chi connectivity index (χ2n) is 6.12. The van der Waals surface area contributed by atoms with Gasteiger partial charge in [-0.2, -0.15) is 0 Å². The van der Waals surface area contributed by atoms with E-state index >= 15 is 0 Å². The molecule has 4 heteroatoms. The number of anilines is 1. The van der Waals surface area contributed by atoms with Crippen molar-refractivity contribution in [1.82, 2.24) is 0 Å². The van der Waals surface area contributed by atoms with Crippen molar-refractivity contribution in [2.45, 2.75) is 33.1 Å². The molecule has 2 aromatic carbocycles. The Labute approximate surface area is 142 Å². The molecule has 0 saturated heterocycles. The first-order valence-electron chi connectivity index (χ1n) is 8.05. The molecule has 0 unspecified atom stereocenters. The third-order valence-corrected chi connectivity index (χ3v) is 3.65. The van der Waals surface area contributed by atoms with Crippen LogP contribution in [0.2, 0.25) is 0 Å². The fraction of sp³-hybridized carbons (Fsp3) is 0.300. The number of carbonyl (C=O) groups excluding carboxylic acids is 2. The zero-order valence-electron chi connectivity index (χ0n) is 14.3. The van der Waals surface area contributed by atoms with Gasteiger partial charge in [-0.25, -0.2) is 0 Å². The van der Waals surface area contributed by atoms with Crippen molar-refractivity contribution in [3.63, 3.8) is 0 Å². The Morgan fingerprint density at radius 1 is 1.08 bits per heavy atom. The molecule has 24 heavy (non-hydrogen) atoms. The Balaban J connectivity index is 1.86. The van der Waals surface area contributed by atoms with E-state index < -0.39 is 5.97 Å². The minimum atomic E-state index is -0.409. The van der Waals surface area contributed by atoms with Crippen molar-refractivity contribution >= 4 is 17.6 Å². The molecule has 0 aliphatic heterocycles. The summed E-state index contributed by atoms with van der Waals surface area (Å²) >= 11 is 0. The van der Waals surface area contributed by atoms with E-state index in [1.807, 2.05) is 55.5 Å². The molecule has 0 fully saturated rings. The van der Waals surface area contributed by atoms with Crippen LogP contribution >= 0.6 is 0 Å². The molecule has 0 atom stereocenters. The second kappa shape index (κ2) is 8.29. The number of carbonyl (C=O) groups is 2. The topological polar surface area (TPSA) is 55.4 Å². The zero-order chi connectivity index (χ0) is 17.5. The molecule has 1 amide bonds. The number of para-hydroxylation sites is 1. The number of esters is 1. The molecule has 2 aromatic rings. The van der Waals surface area contributed by atoms with E-state index in [4.69, 9.17) is 4.74 Å². The van der Waals surface area contributed by atoms with E-state index in [1.165, 1.54) is 0 Å². The fourth-order valence-corrected chi connectivity index (χ4v) is 2.49. The van der Waals surface area contributed by atoms with E-state index in [0.717, 1.165) is 22.4 Å². The van der Waals surface area contributed by atoms with Crippen molar-refractivity contribution in [3.8, 4) is 0 Å². The summed E-state index contributed by atoms with van der Waals surface area (Å²) in [5, 5.41) is 2.80. The van der Waals surface area contributed by atoms with Gasteiger partial charge in [0.2, 0.25) is 0 Å². The molecule has 0 saturated carbocycles. The van der Waals surface area contributed by atoms with Gasteiger partial charge >= 0.3 is 5.97 Å². The van der Waals surface area contributed by atoms with E-state index in [1.54, 1.807) is 0 Å². The first-order valence-corrected chi connectivity index (χ1v) is 8.05. The van der Waals surface area contributed by atoms with Crippen molar-refractivity contribution < 1.29 is 14.3 Å². The molecule has 4 nitrogen and oxygen atoms in total. The van der Waals surface area contributed by atoms with Crippen LogP contribution in [0.15, 0.2) is 48.5 Å². The highest BCUT2D eigenvalue weighted by Crippen LogP contribution is 2.23. The van der Waals surface area contributed by atoms with Crippen LogP contribution in [0, 0.1) is 6.92 Å². The van der Waals surface area contributed by atoms with Crippen LogP contribution in [0.5, 0.6) is 0 Å². The number of rotatable bonds is 6. The second-order valence-corrected chi connectivity index (χ2v) is 6.12. The van der Waals surface area contributed by atoms with Gasteiger partial charge in [0.05, 0.1) is 6.42 Å². The Morgan fingerprint density at radius 3 is 2.54 bits per heavy atom. The van der Waals surface area contributed by atoms with Crippen LogP contribution in [0.25, 0.3) is 0 Å². The number of amides is 1. The first-order chi connectivity index (χ1) is 11.5. The SMILES string of the molecule is Cc1cccc(CC(=O)OCC(=O)Nc2ccccc2C(C)C)c1. The number of hydrogen-bond donors (Lipinski definition) is 1. The maximum atomic E-state index is 12.0. The van der Waals surface area contributed by atoms with Crippen molar-refractivity contribution in [2.75, 3.05) is 11.9 Å². The average Bonchev–Trinajstić information content (AvgIpc) is 2.53. The molecule has 0 bridgehead atoms. The molecule has 0 aliphatic carbocycles. The summed E-state index contributed by atoms with van der Waals surface area (Å²) in [6.45, 7) is 5.81. The lowest BCUT2D eigenvalue weighted by molar-refractivity contribution is -0.146. The molecule has 126 valence electrons. The maximum absolute atomic E-state index is 12.0. The fourth-order valence-electron chi connectivity index (χ4n) is 2.49. The Morgan fingerprint density at radius 2 is 1.83 bits per heavy atom. The van der Waals surface area contributed by atoms with Crippen LogP contribution in [-0.4, -0.2) is 18.5 Å². The van der Waals surface area contributed by atoms with Gasteiger partial charge < -0.3 is 10.1 Å². The minimum absolute atomic E-state index is 0.164. The monoisotopic (exact) mass is 325 g/mol. The quantitative estimate of drug-likeness (QED) is 0.821. The predicted octanol–water partition coefficient (Wildman–Crippen LogP) is 3.84. The molecule has 0 aliphatic rings. The molecule has 0 radical (unpaired) electrons. The molecule has 0 heterocycles. The van der Waals surface area contributed by atoms with Gasteiger partial charge in [0.15, 0.2) is 6.61 Å². The van der Waals surface area contributed by atoms with Gasteiger partial charge in [-0.15, -0.1) is 0 Å². The number of benzene rings is 2. The third kappa shape index (κ3) is 5.23. The number of nitrogens with one attached hydrogen (secondary N) is 1. The summed E-state index contributed by atoms with van der Waals surface area (Å²) in [6, 6.07) is 15.3. The van der Waals surface area contributed by atoms with Gasteiger partial charge in [0.25, 0.3) is 5.91 Å². The normalized spacial score (nSPS) is 10.5. The number of hydrogen-bond acceptors (Lipinski definition) is 3. The van der Waals surface area contributed by atoms with Gasteiger partial charge in [-0.1, -0.05) is 61.9 Å². The van der Waals surface area contributed by atoms with Gasteiger partial charge in [-0.05, 0) is 30.0 Å². The minimum Gasteiger partial charge on any atom is -0.455 e. The molecular weight excluding hydrogens is 302 g/mol. The van der Waals surface area contributed by atoms with Crippen LogP contribution in [0.4, 0.5) is 5.69 Å². The molecule has 0 aromatic heterocycles. The summed E-state index contributed by atoms with van der Waals surface area (Å²) in [5.74, 6) is -0.445. The predicted molar refractivity (Wildman–Crippen MR) is 95.0 cm³/mol. The largest absolute Gasteiger partial charge is 0.455 e. The smallest absolute Gasteiger partial charge is 0.310 e. The van der Waals surface area contributed by atoms with Crippen LogP contribution in [-0.2, 0) is 20.7 Å². The molecule has 1 N–H and O–H groups in total. The Kier molecular flexibility index (Phi) is 6.13. The van der Waals surface area contributed by atoms with Gasteiger partial charge in [0.1, 0.15) is 0 Å². The van der Waals surface area contributed by atoms with E-state index in [2.05, 4.69) is 19.2 Å². The molecule has 2 rings (SSSR count). The highest BCUT2D eigenvalue weighted by atomic mass is 16.5. The van der Waals surface area contributed by atoms with E-state index in [9.17, 15) is 9.59 Å². The first kappa shape index (κ1) is 17.7. The van der Waals surface area contributed by atoms with Crippen molar-refractivity contribution in [3.05, 3.63) is 65.2 Å². The lowest BCUT2D eigenvalue weighted by Gasteiger charge is -2.13. The summed E-state index contributed by atoms with van der Waals surface area (Å²) in [5.41, 5.74) is 3.78. The van der Waals surface area contributed by atoms with E-state index in [-0.39, 0.29) is 18.9 Å². The highest BCUT2D eigenvalue weighted by Gasteiger charge is 2.12. The number of aryl methyl sites for hydroxylation is 1. The van der Waals surface area contributed by atoms with Crippen LogP contribution in [0.3, 0.4) is 0 Å². The van der Waals surface area contributed by atoms with Crippen molar-refractivity contribution in [1.29, 1.82) is 0 Å². The Bertz CT molecular complexity index is 722. The van der Waals surface area contributed by atoms with Crippen LogP contribution < -0.4 is 5.32 Å². The summed E-state index contributed by atoms with van der Waals surface area (Å²) in [7, 11) is 0. The lowest BCUT2D eigenvalue weighted by atomic mass is 10.0. The Hall–Kier alpha value is -2.62. The van der Waals surface area contributed by atoms with Gasteiger partial charge in [-0.3, -0.25) is 9.59 Å². The highest BCUT2D eigenvalue weighted by molar-refractivity contribution is 5.93. The average molecular weight is 325 g/mol. The molecular formula is C20H23NO3. The maximum Gasteiger partial charge on any atom is 0.310 e.